The first kappa shape index (κ1) is 14.3. The lowest BCUT2D eigenvalue weighted by Gasteiger charge is -2.44. The van der Waals surface area contributed by atoms with Crippen molar-refractivity contribution in [1.29, 1.82) is 0 Å². The van der Waals surface area contributed by atoms with Gasteiger partial charge in [-0.2, -0.15) is 0 Å². The van der Waals surface area contributed by atoms with Gasteiger partial charge >= 0.3 is 0 Å². The number of amides is 1. The highest BCUT2D eigenvalue weighted by Gasteiger charge is 2.49. The summed E-state index contributed by atoms with van der Waals surface area (Å²) in [4.78, 5) is 11.4. The van der Waals surface area contributed by atoms with E-state index in [2.05, 4.69) is 10.6 Å². The number of aliphatic hydroxyl groups excluding tert-OH is 4. The molecule has 1 rings (SSSR count). The van der Waals surface area contributed by atoms with Crippen molar-refractivity contribution in [3.05, 3.63) is 0 Å². The van der Waals surface area contributed by atoms with E-state index >= 15 is 0 Å². The van der Waals surface area contributed by atoms with Crippen LogP contribution in [-0.2, 0) is 9.53 Å². The molecule has 3 unspecified atom stereocenters. The zero-order valence-corrected chi connectivity index (χ0v) is 9.46. The van der Waals surface area contributed by atoms with Gasteiger partial charge in [-0.05, 0) is 7.05 Å². The second-order valence-electron chi connectivity index (χ2n) is 3.95. The monoisotopic (exact) mass is 250 g/mol. The van der Waals surface area contributed by atoms with E-state index in [1.807, 2.05) is 0 Å². The molecule has 0 saturated carbocycles. The van der Waals surface area contributed by atoms with Crippen molar-refractivity contribution in [3.63, 3.8) is 0 Å². The number of hydrogen-bond acceptors (Lipinski definition) is 7. The van der Waals surface area contributed by atoms with Gasteiger partial charge in [0.2, 0.25) is 5.91 Å². The van der Waals surface area contributed by atoms with E-state index in [0.29, 0.717) is 0 Å². The average molecular weight is 250 g/mol. The molecule has 0 bridgehead atoms. The summed E-state index contributed by atoms with van der Waals surface area (Å²) in [6, 6.07) is 0. The molecule has 6 N–H and O–H groups in total. The Bertz CT molecular complexity index is 276. The van der Waals surface area contributed by atoms with Crippen LogP contribution in [0.15, 0.2) is 0 Å². The molecule has 0 aromatic carbocycles. The molecule has 17 heavy (non-hydrogen) atoms. The number of carbonyl (C=O) groups is 1. The molecule has 1 heterocycles. The SMILES string of the molecule is CNCC(=O)NC1(CO)OC(O)C[C@@H](O)C1O. The molecule has 100 valence electrons. The molecular formula is C9H18N2O6. The number of nitrogens with one attached hydrogen (secondary N) is 2. The highest BCUT2D eigenvalue weighted by Crippen LogP contribution is 2.26. The molecule has 4 atom stereocenters. The minimum Gasteiger partial charge on any atom is -0.391 e. The maximum atomic E-state index is 11.4. The van der Waals surface area contributed by atoms with Crippen LogP contribution in [0.5, 0.6) is 0 Å². The summed E-state index contributed by atoms with van der Waals surface area (Å²) in [6.07, 6.45) is -4.36. The van der Waals surface area contributed by atoms with E-state index < -0.39 is 36.7 Å². The molecule has 0 spiro atoms. The van der Waals surface area contributed by atoms with Crippen LogP contribution >= 0.6 is 0 Å². The summed E-state index contributed by atoms with van der Waals surface area (Å²) in [5, 5.41) is 42.6. The number of carbonyl (C=O) groups excluding carboxylic acids is 1. The van der Waals surface area contributed by atoms with E-state index in [4.69, 9.17) is 4.74 Å². The Morgan fingerprint density at radius 2 is 2.12 bits per heavy atom. The summed E-state index contributed by atoms with van der Waals surface area (Å²) in [5.41, 5.74) is -1.88. The van der Waals surface area contributed by atoms with Gasteiger partial charge in [0.15, 0.2) is 12.0 Å². The summed E-state index contributed by atoms with van der Waals surface area (Å²) in [5.74, 6) is -0.540. The summed E-state index contributed by atoms with van der Waals surface area (Å²) < 4.78 is 4.96. The molecule has 8 nitrogen and oxygen atoms in total. The molecule has 0 radical (unpaired) electrons. The van der Waals surface area contributed by atoms with E-state index in [-0.39, 0.29) is 13.0 Å². The minimum atomic E-state index is -1.88. The summed E-state index contributed by atoms with van der Waals surface area (Å²) in [7, 11) is 1.55. The second kappa shape index (κ2) is 5.71. The zero-order valence-electron chi connectivity index (χ0n) is 9.46. The van der Waals surface area contributed by atoms with Crippen molar-refractivity contribution in [3.8, 4) is 0 Å². The number of aliphatic hydroxyl groups is 4. The highest BCUT2D eigenvalue weighted by molar-refractivity contribution is 5.78. The molecule has 1 aliphatic rings. The maximum absolute atomic E-state index is 11.4. The highest BCUT2D eigenvalue weighted by atomic mass is 16.6. The standard InChI is InChI=1S/C9H18N2O6/c1-10-3-6(14)11-9(4-12)8(16)5(13)2-7(15)17-9/h5,7-8,10,12-13,15-16H,2-4H2,1H3,(H,11,14)/t5-,7?,8?,9?/m1/s1. The van der Waals surface area contributed by atoms with Gasteiger partial charge in [-0.25, -0.2) is 0 Å². The third-order valence-electron chi connectivity index (χ3n) is 2.55. The van der Waals surface area contributed by atoms with Crippen molar-refractivity contribution in [2.75, 3.05) is 20.2 Å². The zero-order chi connectivity index (χ0) is 13.1. The molecule has 1 saturated heterocycles. The predicted molar refractivity (Wildman–Crippen MR) is 55.6 cm³/mol. The van der Waals surface area contributed by atoms with Crippen LogP contribution < -0.4 is 10.6 Å². The Labute approximate surface area is 98.2 Å². The smallest absolute Gasteiger partial charge is 0.236 e. The molecular weight excluding hydrogens is 232 g/mol. The van der Waals surface area contributed by atoms with Gasteiger partial charge in [0.25, 0.3) is 0 Å². The van der Waals surface area contributed by atoms with Gasteiger partial charge in [-0.15, -0.1) is 0 Å². The number of rotatable bonds is 4. The molecule has 1 amide bonds. The first-order valence-corrected chi connectivity index (χ1v) is 5.23. The molecule has 0 aliphatic carbocycles. The lowest BCUT2D eigenvalue weighted by molar-refractivity contribution is -0.298. The molecule has 8 heteroatoms. The molecule has 0 aromatic rings. The predicted octanol–water partition coefficient (Wildman–Crippen LogP) is -3.53. The lowest BCUT2D eigenvalue weighted by atomic mass is 9.96. The first-order chi connectivity index (χ1) is 7.95. The quantitative estimate of drug-likeness (QED) is 0.305. The Balaban J connectivity index is 2.80. The average Bonchev–Trinajstić information content (AvgIpc) is 2.25. The van der Waals surface area contributed by atoms with E-state index in [1.165, 1.54) is 0 Å². The van der Waals surface area contributed by atoms with Crippen LogP contribution in [0.4, 0.5) is 0 Å². The van der Waals surface area contributed by atoms with Gasteiger partial charge in [0.1, 0.15) is 6.10 Å². The second-order valence-corrected chi connectivity index (χ2v) is 3.95. The molecule has 0 aromatic heterocycles. The van der Waals surface area contributed by atoms with Crippen LogP contribution in [0, 0.1) is 0 Å². The largest absolute Gasteiger partial charge is 0.391 e. The van der Waals surface area contributed by atoms with Gasteiger partial charge in [-0.1, -0.05) is 0 Å². The van der Waals surface area contributed by atoms with E-state index in [0.717, 1.165) is 0 Å². The number of ether oxygens (including phenoxy) is 1. The fourth-order valence-corrected chi connectivity index (χ4v) is 1.72. The van der Waals surface area contributed by atoms with Crippen LogP contribution in [0.2, 0.25) is 0 Å². The van der Waals surface area contributed by atoms with Crippen LogP contribution in [0.1, 0.15) is 6.42 Å². The Kier molecular flexibility index (Phi) is 4.80. The van der Waals surface area contributed by atoms with E-state index in [1.54, 1.807) is 7.05 Å². The summed E-state index contributed by atoms with van der Waals surface area (Å²) >= 11 is 0. The van der Waals surface area contributed by atoms with Crippen LogP contribution in [-0.4, -0.2) is 70.8 Å². The van der Waals surface area contributed by atoms with Gasteiger partial charge < -0.3 is 35.8 Å². The third kappa shape index (κ3) is 3.12. The normalized spacial score (nSPS) is 37.8. The minimum absolute atomic E-state index is 0.0516. The molecule has 1 fully saturated rings. The van der Waals surface area contributed by atoms with Crippen molar-refractivity contribution >= 4 is 5.91 Å². The molecule has 1 aliphatic heterocycles. The number of hydrogen-bond donors (Lipinski definition) is 6. The maximum Gasteiger partial charge on any atom is 0.236 e. The van der Waals surface area contributed by atoms with Crippen LogP contribution in [0.3, 0.4) is 0 Å². The van der Waals surface area contributed by atoms with Crippen molar-refractivity contribution in [2.45, 2.75) is 30.6 Å². The lowest BCUT2D eigenvalue weighted by Crippen LogP contribution is -2.69. The summed E-state index contributed by atoms with van der Waals surface area (Å²) in [6.45, 7) is -0.818. The van der Waals surface area contributed by atoms with Crippen molar-refractivity contribution in [2.24, 2.45) is 0 Å². The fraction of sp³-hybridized carbons (Fsp3) is 0.889. The Morgan fingerprint density at radius 1 is 1.47 bits per heavy atom. The number of likely N-dealkylation sites (N-methyl/N-ethyl adjacent to an activating group) is 1. The van der Waals surface area contributed by atoms with Gasteiger partial charge in [0, 0.05) is 6.42 Å². The van der Waals surface area contributed by atoms with Gasteiger partial charge in [-0.3, -0.25) is 4.79 Å². The topological polar surface area (TPSA) is 131 Å². The Hall–Kier alpha value is -0.770. The fourth-order valence-electron chi connectivity index (χ4n) is 1.72. The van der Waals surface area contributed by atoms with Crippen molar-refractivity contribution in [1.82, 2.24) is 10.6 Å². The first-order valence-electron chi connectivity index (χ1n) is 5.23. The van der Waals surface area contributed by atoms with Crippen LogP contribution in [0.25, 0.3) is 0 Å². The van der Waals surface area contributed by atoms with E-state index in [9.17, 15) is 25.2 Å². The van der Waals surface area contributed by atoms with Crippen molar-refractivity contribution < 1.29 is 30.0 Å². The Morgan fingerprint density at radius 3 is 2.65 bits per heavy atom. The third-order valence-corrected chi connectivity index (χ3v) is 2.55. The van der Waals surface area contributed by atoms with Gasteiger partial charge in [0.05, 0.1) is 19.3 Å².